The molecule has 0 bridgehead atoms. The molecule has 0 radical (unpaired) electrons. The number of amides is 1. The van der Waals surface area contributed by atoms with Crippen LogP contribution < -0.4 is 5.32 Å². The van der Waals surface area contributed by atoms with Crippen LogP contribution in [0.4, 0.5) is 0 Å². The van der Waals surface area contributed by atoms with Gasteiger partial charge in [0.05, 0.1) is 22.8 Å². The van der Waals surface area contributed by atoms with Crippen molar-refractivity contribution in [1.29, 1.82) is 0 Å². The first kappa shape index (κ1) is 19.1. The van der Waals surface area contributed by atoms with E-state index in [1.54, 1.807) is 24.3 Å². The number of imidazole rings is 1. The van der Waals surface area contributed by atoms with Gasteiger partial charge in [0, 0.05) is 11.8 Å². The lowest BCUT2D eigenvalue weighted by atomic mass is 10.0. The first-order valence-corrected chi connectivity index (χ1v) is 10.8. The zero-order chi connectivity index (χ0) is 19.6. The maximum Gasteiger partial charge on any atom is 0.251 e. The van der Waals surface area contributed by atoms with Crippen molar-refractivity contribution >= 4 is 26.8 Å². The molecule has 6 nitrogen and oxygen atoms in total. The molecule has 0 saturated heterocycles. The molecule has 1 heterocycles. The number of carbonyl (C=O) groups is 1. The van der Waals surface area contributed by atoms with E-state index in [9.17, 15) is 13.2 Å². The van der Waals surface area contributed by atoms with Gasteiger partial charge in [-0.15, -0.1) is 0 Å². The number of para-hydroxylation sites is 2. The molecule has 27 heavy (non-hydrogen) atoms. The average Bonchev–Trinajstić information content (AvgIpc) is 3.02. The molecule has 2 aromatic carbocycles. The van der Waals surface area contributed by atoms with E-state index in [1.807, 2.05) is 38.1 Å². The van der Waals surface area contributed by atoms with Gasteiger partial charge in [0.25, 0.3) is 5.91 Å². The zero-order valence-corrected chi connectivity index (χ0v) is 16.4. The van der Waals surface area contributed by atoms with Gasteiger partial charge in [-0.3, -0.25) is 4.79 Å². The Bertz CT molecular complexity index is 1020. The molecule has 142 valence electrons. The van der Waals surface area contributed by atoms with Crippen molar-refractivity contribution in [3.8, 4) is 0 Å². The molecule has 0 fully saturated rings. The summed E-state index contributed by atoms with van der Waals surface area (Å²) >= 11 is 0. The van der Waals surface area contributed by atoms with Crippen molar-refractivity contribution in [2.45, 2.75) is 25.6 Å². The van der Waals surface area contributed by atoms with E-state index in [0.717, 1.165) is 11.0 Å². The summed E-state index contributed by atoms with van der Waals surface area (Å²) in [5, 5.41) is 3.03. The highest BCUT2D eigenvalue weighted by molar-refractivity contribution is 7.89. The maximum atomic E-state index is 12.7. The average molecular weight is 385 g/mol. The quantitative estimate of drug-likeness (QED) is 0.681. The van der Waals surface area contributed by atoms with Gasteiger partial charge in [-0.25, -0.2) is 13.4 Å². The topological polar surface area (TPSA) is 91.9 Å². The van der Waals surface area contributed by atoms with Gasteiger partial charge in [0.1, 0.15) is 5.82 Å². The third kappa shape index (κ3) is 4.74. The second-order valence-corrected chi connectivity index (χ2v) is 9.24. The Morgan fingerprint density at radius 3 is 2.37 bits per heavy atom. The monoisotopic (exact) mass is 385 g/mol. The Kier molecular flexibility index (Phi) is 5.32. The predicted octanol–water partition coefficient (Wildman–Crippen LogP) is 3.23. The van der Waals surface area contributed by atoms with Crippen molar-refractivity contribution < 1.29 is 13.2 Å². The normalized spacial score (nSPS) is 13.0. The number of sulfone groups is 1. The molecule has 1 aromatic heterocycles. The fourth-order valence-corrected chi connectivity index (χ4v) is 3.75. The largest absolute Gasteiger partial charge is 0.342 e. The minimum atomic E-state index is -3.10. The fourth-order valence-electron chi connectivity index (χ4n) is 2.95. The number of H-pyrrole nitrogens is 1. The fraction of sp³-hybridized carbons (Fsp3) is 0.300. The second kappa shape index (κ2) is 7.52. The van der Waals surface area contributed by atoms with Gasteiger partial charge in [0.2, 0.25) is 0 Å². The summed E-state index contributed by atoms with van der Waals surface area (Å²) in [5.74, 6) is 0.593. The van der Waals surface area contributed by atoms with Crippen molar-refractivity contribution in [3.05, 3.63) is 65.5 Å². The Hall–Kier alpha value is -2.67. The van der Waals surface area contributed by atoms with Crippen LogP contribution in [0, 0.1) is 5.92 Å². The SMILES string of the molecule is CC(C)[C@H](NC(=O)c1ccc(CS(C)(=O)=O)cc1)c1nc2ccccc2[nH]1. The summed E-state index contributed by atoms with van der Waals surface area (Å²) in [6.45, 7) is 4.04. The number of nitrogens with one attached hydrogen (secondary N) is 2. The number of benzene rings is 2. The molecular weight excluding hydrogens is 362 g/mol. The standard InChI is InChI=1S/C20H23N3O3S/c1-13(2)18(19-21-16-6-4-5-7-17(16)22-19)23-20(24)15-10-8-14(9-11-15)12-27(3,25)26/h4-11,13,18H,12H2,1-3H3,(H,21,22)(H,23,24)/t18-/m0/s1. The van der Waals surface area contributed by atoms with Crippen LogP contribution in [0.15, 0.2) is 48.5 Å². The number of hydrogen-bond acceptors (Lipinski definition) is 4. The van der Waals surface area contributed by atoms with Gasteiger partial charge in [-0.05, 0) is 35.7 Å². The molecule has 3 rings (SSSR count). The van der Waals surface area contributed by atoms with Crippen molar-refractivity contribution in [2.24, 2.45) is 5.92 Å². The van der Waals surface area contributed by atoms with E-state index in [2.05, 4.69) is 15.3 Å². The first-order chi connectivity index (χ1) is 12.7. The van der Waals surface area contributed by atoms with Crippen LogP contribution in [0.3, 0.4) is 0 Å². The highest BCUT2D eigenvalue weighted by Gasteiger charge is 2.22. The van der Waals surface area contributed by atoms with E-state index in [1.165, 1.54) is 6.26 Å². The third-order valence-corrected chi connectivity index (χ3v) is 5.16. The van der Waals surface area contributed by atoms with Crippen LogP contribution >= 0.6 is 0 Å². The van der Waals surface area contributed by atoms with Crippen LogP contribution in [-0.4, -0.2) is 30.5 Å². The van der Waals surface area contributed by atoms with Gasteiger partial charge < -0.3 is 10.3 Å². The molecule has 0 aliphatic carbocycles. The molecule has 3 aromatic rings. The summed E-state index contributed by atoms with van der Waals surface area (Å²) in [4.78, 5) is 20.5. The zero-order valence-electron chi connectivity index (χ0n) is 15.6. The van der Waals surface area contributed by atoms with Crippen LogP contribution in [-0.2, 0) is 15.6 Å². The summed E-state index contributed by atoms with van der Waals surface area (Å²) in [6, 6.07) is 14.1. The van der Waals surface area contributed by atoms with E-state index >= 15 is 0 Å². The van der Waals surface area contributed by atoms with Crippen LogP contribution in [0.5, 0.6) is 0 Å². The first-order valence-electron chi connectivity index (χ1n) is 8.75. The van der Waals surface area contributed by atoms with Crippen LogP contribution in [0.25, 0.3) is 11.0 Å². The van der Waals surface area contributed by atoms with Crippen molar-refractivity contribution in [3.63, 3.8) is 0 Å². The maximum absolute atomic E-state index is 12.7. The molecule has 0 saturated carbocycles. The van der Waals surface area contributed by atoms with E-state index in [4.69, 9.17) is 0 Å². The molecule has 0 aliphatic rings. The van der Waals surface area contributed by atoms with Gasteiger partial charge >= 0.3 is 0 Å². The Labute approximate surface area is 158 Å². The highest BCUT2D eigenvalue weighted by Crippen LogP contribution is 2.22. The lowest BCUT2D eigenvalue weighted by Gasteiger charge is -2.20. The number of aromatic amines is 1. The molecule has 0 aliphatic heterocycles. The van der Waals surface area contributed by atoms with E-state index in [0.29, 0.717) is 17.0 Å². The minimum absolute atomic E-state index is 0.0392. The number of aromatic nitrogens is 2. The highest BCUT2D eigenvalue weighted by atomic mass is 32.2. The molecule has 0 unspecified atom stereocenters. The van der Waals surface area contributed by atoms with E-state index < -0.39 is 9.84 Å². The van der Waals surface area contributed by atoms with Crippen molar-refractivity contribution in [1.82, 2.24) is 15.3 Å². The molecule has 1 atom stereocenters. The van der Waals surface area contributed by atoms with Gasteiger partial charge in [-0.1, -0.05) is 38.1 Å². The summed E-state index contributed by atoms with van der Waals surface area (Å²) in [7, 11) is -3.10. The lowest BCUT2D eigenvalue weighted by molar-refractivity contribution is 0.0923. The smallest absolute Gasteiger partial charge is 0.251 e. The molecular formula is C20H23N3O3S. The third-order valence-electron chi connectivity index (χ3n) is 4.30. The van der Waals surface area contributed by atoms with Crippen molar-refractivity contribution in [2.75, 3.05) is 6.26 Å². The molecule has 7 heteroatoms. The number of hydrogen-bond donors (Lipinski definition) is 2. The predicted molar refractivity (Wildman–Crippen MR) is 106 cm³/mol. The molecule has 2 N–H and O–H groups in total. The summed E-state index contributed by atoms with van der Waals surface area (Å²) in [5.41, 5.74) is 2.93. The Morgan fingerprint density at radius 1 is 1.11 bits per heavy atom. The summed E-state index contributed by atoms with van der Waals surface area (Å²) < 4.78 is 22.8. The number of rotatable bonds is 6. The Morgan fingerprint density at radius 2 is 1.78 bits per heavy atom. The summed E-state index contributed by atoms with van der Waals surface area (Å²) in [6.07, 6.45) is 1.19. The minimum Gasteiger partial charge on any atom is -0.342 e. The van der Waals surface area contributed by atoms with E-state index in [-0.39, 0.29) is 23.6 Å². The second-order valence-electron chi connectivity index (χ2n) is 7.10. The van der Waals surface area contributed by atoms with Gasteiger partial charge in [-0.2, -0.15) is 0 Å². The number of carbonyl (C=O) groups excluding carboxylic acids is 1. The van der Waals surface area contributed by atoms with Crippen LogP contribution in [0.2, 0.25) is 0 Å². The Balaban J connectivity index is 1.79. The lowest BCUT2D eigenvalue weighted by Crippen LogP contribution is -2.32. The van der Waals surface area contributed by atoms with Gasteiger partial charge in [0.15, 0.2) is 9.84 Å². The molecule has 0 spiro atoms. The number of fused-ring (bicyclic) bond motifs is 1. The van der Waals surface area contributed by atoms with Crippen LogP contribution in [0.1, 0.15) is 41.6 Å². The molecule has 1 amide bonds. The number of nitrogens with zero attached hydrogens (tertiary/aromatic N) is 1.